The molecular weight excluding hydrogens is 224 g/mol. The van der Waals surface area contributed by atoms with Gasteiger partial charge in [-0.05, 0) is 17.2 Å². The van der Waals surface area contributed by atoms with Gasteiger partial charge in [0, 0.05) is 6.42 Å². The zero-order valence-corrected chi connectivity index (χ0v) is 9.56. The molecule has 1 aliphatic carbocycles. The van der Waals surface area contributed by atoms with Crippen LogP contribution in [0.15, 0.2) is 42.2 Å². The summed E-state index contributed by atoms with van der Waals surface area (Å²) in [5.41, 5.74) is -0.320. The van der Waals surface area contributed by atoms with Gasteiger partial charge in [-0.2, -0.15) is 21.0 Å². The second kappa shape index (κ2) is 4.45. The monoisotopic (exact) mass is 232 g/mol. The molecule has 0 saturated heterocycles. The summed E-state index contributed by atoms with van der Waals surface area (Å²) in [4.78, 5) is 0. The van der Waals surface area contributed by atoms with E-state index in [-0.39, 0.29) is 12.0 Å². The van der Waals surface area contributed by atoms with E-state index in [1.54, 1.807) is 24.3 Å². The average Bonchev–Trinajstić information content (AvgIpc) is 2.39. The summed E-state index contributed by atoms with van der Waals surface area (Å²) in [6.07, 6.45) is 3.01. The fourth-order valence-electron chi connectivity index (χ4n) is 1.95. The largest absolute Gasteiger partial charge is 0.199 e. The van der Waals surface area contributed by atoms with Crippen LogP contribution in [-0.2, 0) is 0 Å². The van der Waals surface area contributed by atoms with Gasteiger partial charge < -0.3 is 0 Å². The van der Waals surface area contributed by atoms with Crippen LogP contribution in [0.1, 0.15) is 6.42 Å². The van der Waals surface area contributed by atoms with Crippen molar-refractivity contribution in [2.45, 2.75) is 6.42 Å². The Hall–Kier alpha value is -3.04. The molecule has 0 N–H and O–H groups in total. The molecule has 84 valence electrons. The third-order valence-corrected chi connectivity index (χ3v) is 2.96. The van der Waals surface area contributed by atoms with Crippen LogP contribution in [0.4, 0.5) is 0 Å². The maximum absolute atomic E-state index is 9.25. The first kappa shape index (κ1) is 13.0. The van der Waals surface area contributed by atoms with Gasteiger partial charge in [0.1, 0.15) is 0 Å². The standard InChI is InChI=1S/C14H8N4/c1-3-4-12-5-11(2)14(9-17,10-18)13(6-12,7-15)8-16/h4-5H,1-2,6H2. The Bertz CT molecular complexity index is 618. The SMILES string of the molecule is C=C=CC1=CC(=C)C(C#N)(C#N)C(C#N)(C#N)C1. The van der Waals surface area contributed by atoms with Crippen molar-refractivity contribution < 1.29 is 0 Å². The number of rotatable bonds is 1. The normalized spacial score (nSPS) is 18.9. The first-order valence-electron chi connectivity index (χ1n) is 4.96. The van der Waals surface area contributed by atoms with Crippen LogP contribution in [0.2, 0.25) is 0 Å². The van der Waals surface area contributed by atoms with Gasteiger partial charge in [0.05, 0.1) is 24.3 Å². The predicted molar refractivity (Wildman–Crippen MR) is 62.9 cm³/mol. The highest BCUT2D eigenvalue weighted by molar-refractivity contribution is 5.54. The molecular formula is C14H8N4. The van der Waals surface area contributed by atoms with E-state index in [1.807, 2.05) is 0 Å². The molecule has 0 unspecified atom stereocenters. The van der Waals surface area contributed by atoms with Crippen LogP contribution < -0.4 is 0 Å². The lowest BCUT2D eigenvalue weighted by Crippen LogP contribution is -2.41. The van der Waals surface area contributed by atoms with Gasteiger partial charge in [0.2, 0.25) is 0 Å². The minimum Gasteiger partial charge on any atom is -0.196 e. The van der Waals surface area contributed by atoms with E-state index < -0.39 is 10.8 Å². The highest BCUT2D eigenvalue weighted by atomic mass is 14.6. The fourth-order valence-corrected chi connectivity index (χ4v) is 1.95. The van der Waals surface area contributed by atoms with Crippen molar-refractivity contribution in [2.75, 3.05) is 0 Å². The van der Waals surface area contributed by atoms with Crippen molar-refractivity contribution >= 4 is 0 Å². The maximum Gasteiger partial charge on any atom is 0.199 e. The Kier molecular flexibility index (Phi) is 3.22. The lowest BCUT2D eigenvalue weighted by atomic mass is 9.57. The molecule has 0 aliphatic heterocycles. The number of nitriles is 4. The number of allylic oxidation sites excluding steroid dienone is 4. The molecule has 4 heteroatoms. The molecule has 4 nitrogen and oxygen atoms in total. The molecule has 0 atom stereocenters. The molecule has 0 saturated carbocycles. The molecule has 0 bridgehead atoms. The Balaban J connectivity index is 3.67. The van der Waals surface area contributed by atoms with Crippen LogP contribution in [-0.4, -0.2) is 0 Å². The molecule has 0 fully saturated rings. The Morgan fingerprint density at radius 2 is 1.67 bits per heavy atom. The summed E-state index contributed by atoms with van der Waals surface area (Å²) in [5, 5.41) is 36.9. The van der Waals surface area contributed by atoms with Crippen LogP contribution >= 0.6 is 0 Å². The minimum atomic E-state index is -1.84. The van der Waals surface area contributed by atoms with E-state index in [0.29, 0.717) is 5.57 Å². The van der Waals surface area contributed by atoms with Crippen molar-refractivity contribution in [2.24, 2.45) is 10.8 Å². The van der Waals surface area contributed by atoms with Crippen LogP contribution in [0.3, 0.4) is 0 Å². The summed E-state index contributed by atoms with van der Waals surface area (Å²) < 4.78 is 0. The first-order chi connectivity index (χ1) is 8.55. The van der Waals surface area contributed by atoms with Crippen molar-refractivity contribution in [3.63, 3.8) is 0 Å². The van der Waals surface area contributed by atoms with E-state index in [1.165, 1.54) is 12.2 Å². The number of nitrogens with zero attached hydrogens (tertiary/aromatic N) is 4. The zero-order chi connectivity index (χ0) is 13.8. The second-order valence-corrected chi connectivity index (χ2v) is 3.87. The molecule has 0 aromatic heterocycles. The summed E-state index contributed by atoms with van der Waals surface area (Å²) in [6.45, 7) is 7.05. The summed E-state index contributed by atoms with van der Waals surface area (Å²) in [7, 11) is 0. The zero-order valence-electron chi connectivity index (χ0n) is 9.56. The average molecular weight is 232 g/mol. The minimum absolute atomic E-state index is 0.0251. The van der Waals surface area contributed by atoms with Crippen molar-refractivity contribution in [3.05, 3.63) is 42.2 Å². The second-order valence-electron chi connectivity index (χ2n) is 3.87. The molecule has 18 heavy (non-hydrogen) atoms. The van der Waals surface area contributed by atoms with Gasteiger partial charge in [-0.3, -0.25) is 0 Å². The van der Waals surface area contributed by atoms with Gasteiger partial charge in [0.15, 0.2) is 10.8 Å². The Labute approximate surface area is 105 Å². The highest BCUT2D eigenvalue weighted by Gasteiger charge is 2.58. The fraction of sp³-hybridized carbons (Fsp3) is 0.214. The van der Waals surface area contributed by atoms with Gasteiger partial charge in [-0.25, -0.2) is 0 Å². The quantitative estimate of drug-likeness (QED) is 0.648. The Morgan fingerprint density at radius 1 is 1.11 bits per heavy atom. The molecule has 0 heterocycles. The van der Waals surface area contributed by atoms with Crippen molar-refractivity contribution in [3.8, 4) is 24.3 Å². The van der Waals surface area contributed by atoms with E-state index in [4.69, 9.17) is 0 Å². The third-order valence-electron chi connectivity index (χ3n) is 2.96. The van der Waals surface area contributed by atoms with Gasteiger partial charge in [-0.15, -0.1) is 5.73 Å². The van der Waals surface area contributed by atoms with Crippen LogP contribution in [0, 0.1) is 56.2 Å². The van der Waals surface area contributed by atoms with Crippen LogP contribution in [0.5, 0.6) is 0 Å². The van der Waals surface area contributed by atoms with Crippen LogP contribution in [0.25, 0.3) is 0 Å². The van der Waals surface area contributed by atoms with E-state index in [9.17, 15) is 21.0 Å². The number of hydrogen-bond acceptors (Lipinski definition) is 4. The summed E-state index contributed by atoms with van der Waals surface area (Å²) >= 11 is 0. The first-order valence-corrected chi connectivity index (χ1v) is 4.96. The van der Waals surface area contributed by atoms with Gasteiger partial charge in [0.25, 0.3) is 0 Å². The molecule has 0 spiro atoms. The molecule has 0 radical (unpaired) electrons. The highest BCUT2D eigenvalue weighted by Crippen LogP contribution is 2.51. The number of hydrogen-bond donors (Lipinski definition) is 0. The van der Waals surface area contributed by atoms with Gasteiger partial charge >= 0.3 is 0 Å². The Morgan fingerprint density at radius 3 is 2.06 bits per heavy atom. The molecule has 1 rings (SSSR count). The molecule has 0 aromatic rings. The molecule has 0 amide bonds. The summed E-state index contributed by atoms with van der Waals surface area (Å²) in [6, 6.07) is 7.15. The smallest absolute Gasteiger partial charge is 0.196 e. The van der Waals surface area contributed by atoms with E-state index in [0.717, 1.165) is 0 Å². The van der Waals surface area contributed by atoms with E-state index >= 15 is 0 Å². The van der Waals surface area contributed by atoms with E-state index in [2.05, 4.69) is 18.9 Å². The van der Waals surface area contributed by atoms with Crippen molar-refractivity contribution in [1.82, 2.24) is 0 Å². The lowest BCUT2D eigenvalue weighted by molar-refractivity contribution is 0.342. The van der Waals surface area contributed by atoms with Crippen molar-refractivity contribution in [1.29, 1.82) is 21.0 Å². The molecule has 1 aliphatic rings. The predicted octanol–water partition coefficient (Wildman–Crippen LogP) is 2.28. The topological polar surface area (TPSA) is 95.2 Å². The molecule has 0 aromatic carbocycles. The lowest BCUT2D eigenvalue weighted by Gasteiger charge is -2.35. The van der Waals surface area contributed by atoms with Gasteiger partial charge in [-0.1, -0.05) is 19.2 Å². The summed E-state index contributed by atoms with van der Waals surface area (Å²) in [5.74, 6) is 0. The maximum atomic E-state index is 9.25. The third kappa shape index (κ3) is 1.43.